The van der Waals surface area contributed by atoms with Crippen LogP contribution in [0, 0.1) is 5.92 Å². The van der Waals surface area contributed by atoms with Crippen molar-refractivity contribution in [1.29, 1.82) is 0 Å². The molecule has 2 atom stereocenters. The lowest BCUT2D eigenvalue weighted by Crippen LogP contribution is -2.46. The van der Waals surface area contributed by atoms with Gasteiger partial charge in [0.25, 0.3) is 0 Å². The van der Waals surface area contributed by atoms with Crippen LogP contribution in [0.15, 0.2) is 0 Å². The number of aliphatic hydroxyl groups is 1. The van der Waals surface area contributed by atoms with E-state index >= 15 is 0 Å². The molecule has 0 radical (unpaired) electrons. The molecule has 1 aliphatic rings. The first-order chi connectivity index (χ1) is 11.2. The van der Waals surface area contributed by atoms with Gasteiger partial charge in [-0.05, 0) is 32.1 Å². The van der Waals surface area contributed by atoms with Crippen molar-refractivity contribution in [3.8, 4) is 0 Å². The van der Waals surface area contributed by atoms with Crippen LogP contribution >= 0.6 is 0 Å². The molecule has 3 nitrogen and oxygen atoms in total. The van der Waals surface area contributed by atoms with Crippen LogP contribution in [0.3, 0.4) is 0 Å². The first kappa shape index (κ1) is 20.9. The van der Waals surface area contributed by atoms with Gasteiger partial charge in [0.1, 0.15) is 6.23 Å². The standard InChI is InChI=1S/C20H42N2O/c1-3-4-5-6-9-12-15-20-16-13-10-7-8-11-14-17-22(18-20)21-19(2)23/h19-21,23H,3-18H2,1-2H3. The third-order valence-electron chi connectivity index (χ3n) is 5.10. The largest absolute Gasteiger partial charge is 0.378 e. The maximum absolute atomic E-state index is 9.68. The Labute approximate surface area is 145 Å². The molecule has 0 amide bonds. The van der Waals surface area contributed by atoms with Gasteiger partial charge in [-0.1, -0.05) is 77.6 Å². The maximum atomic E-state index is 9.68. The number of hydrogen-bond acceptors (Lipinski definition) is 3. The molecular weight excluding hydrogens is 284 g/mol. The molecule has 0 saturated carbocycles. The van der Waals surface area contributed by atoms with Gasteiger partial charge < -0.3 is 5.11 Å². The lowest BCUT2D eigenvalue weighted by Gasteiger charge is -2.29. The minimum absolute atomic E-state index is 0.435. The number of hydrogen-bond donors (Lipinski definition) is 2. The van der Waals surface area contributed by atoms with E-state index < -0.39 is 6.23 Å². The summed E-state index contributed by atoms with van der Waals surface area (Å²) in [6.07, 6.45) is 18.8. The van der Waals surface area contributed by atoms with E-state index in [0.717, 1.165) is 19.0 Å². The average Bonchev–Trinajstić information content (AvgIpc) is 2.56. The first-order valence-corrected chi connectivity index (χ1v) is 10.4. The highest BCUT2D eigenvalue weighted by molar-refractivity contribution is 4.67. The van der Waals surface area contributed by atoms with Crippen molar-refractivity contribution in [2.24, 2.45) is 5.92 Å². The van der Waals surface area contributed by atoms with Crippen molar-refractivity contribution in [3.63, 3.8) is 0 Å². The number of rotatable bonds is 9. The fourth-order valence-corrected chi connectivity index (χ4v) is 3.77. The summed E-state index contributed by atoms with van der Waals surface area (Å²) in [5, 5.41) is 12.0. The molecule has 0 aromatic rings. The Hall–Kier alpha value is -0.120. The van der Waals surface area contributed by atoms with Crippen LogP contribution in [0.2, 0.25) is 0 Å². The van der Waals surface area contributed by atoms with Gasteiger partial charge >= 0.3 is 0 Å². The van der Waals surface area contributed by atoms with E-state index in [1.807, 2.05) is 6.92 Å². The van der Waals surface area contributed by atoms with Gasteiger partial charge in [-0.2, -0.15) is 0 Å². The zero-order valence-electron chi connectivity index (χ0n) is 15.9. The summed E-state index contributed by atoms with van der Waals surface area (Å²) in [6.45, 7) is 6.30. The summed E-state index contributed by atoms with van der Waals surface area (Å²) in [6, 6.07) is 0. The van der Waals surface area contributed by atoms with Crippen LogP contribution in [0.1, 0.15) is 104 Å². The highest BCUT2D eigenvalue weighted by Crippen LogP contribution is 2.21. The Bertz CT molecular complexity index is 258. The predicted octanol–water partition coefficient (Wildman–Crippen LogP) is 5.24. The third kappa shape index (κ3) is 12.0. The van der Waals surface area contributed by atoms with E-state index in [0.29, 0.717) is 0 Å². The summed E-state index contributed by atoms with van der Waals surface area (Å²) in [5.41, 5.74) is 3.26. The van der Waals surface area contributed by atoms with Crippen LogP contribution in [0.25, 0.3) is 0 Å². The molecule has 0 aromatic heterocycles. The molecule has 138 valence electrons. The molecule has 1 saturated heterocycles. The van der Waals surface area contributed by atoms with E-state index in [9.17, 15) is 5.11 Å². The maximum Gasteiger partial charge on any atom is 0.114 e. The minimum atomic E-state index is -0.435. The van der Waals surface area contributed by atoms with Crippen molar-refractivity contribution in [2.75, 3.05) is 13.1 Å². The molecular formula is C20H42N2O. The Kier molecular flexibility index (Phi) is 13.0. The fourth-order valence-electron chi connectivity index (χ4n) is 3.77. The highest BCUT2D eigenvalue weighted by Gasteiger charge is 2.16. The monoisotopic (exact) mass is 326 g/mol. The number of nitrogens with one attached hydrogen (secondary N) is 1. The van der Waals surface area contributed by atoms with Crippen molar-refractivity contribution in [3.05, 3.63) is 0 Å². The van der Waals surface area contributed by atoms with Crippen LogP contribution in [-0.4, -0.2) is 29.4 Å². The second-order valence-electron chi connectivity index (χ2n) is 7.58. The second kappa shape index (κ2) is 14.2. The van der Waals surface area contributed by atoms with E-state index in [2.05, 4.69) is 17.4 Å². The summed E-state index contributed by atoms with van der Waals surface area (Å²) in [4.78, 5) is 0. The third-order valence-corrected chi connectivity index (χ3v) is 5.10. The topological polar surface area (TPSA) is 35.5 Å². The van der Waals surface area contributed by atoms with Gasteiger partial charge in [-0.25, -0.2) is 10.4 Å². The highest BCUT2D eigenvalue weighted by atomic mass is 16.3. The average molecular weight is 327 g/mol. The number of unbranched alkanes of at least 4 members (excludes halogenated alkanes) is 5. The SMILES string of the molecule is CCCCCCCCC1CCCCCCCCN(NC(C)O)C1. The lowest BCUT2D eigenvalue weighted by atomic mass is 9.94. The van der Waals surface area contributed by atoms with Crippen molar-refractivity contribution in [2.45, 2.75) is 110 Å². The minimum Gasteiger partial charge on any atom is -0.378 e. The molecule has 2 unspecified atom stereocenters. The van der Waals surface area contributed by atoms with Gasteiger partial charge in [0, 0.05) is 13.1 Å². The van der Waals surface area contributed by atoms with Gasteiger partial charge in [0.15, 0.2) is 0 Å². The molecule has 1 heterocycles. The van der Waals surface area contributed by atoms with Gasteiger partial charge in [-0.3, -0.25) is 0 Å². The Morgan fingerprint density at radius 1 is 0.957 bits per heavy atom. The second-order valence-corrected chi connectivity index (χ2v) is 7.58. The van der Waals surface area contributed by atoms with Crippen LogP contribution in [-0.2, 0) is 0 Å². The summed E-state index contributed by atoms with van der Waals surface area (Å²) >= 11 is 0. The number of nitrogens with zero attached hydrogens (tertiary/aromatic N) is 1. The first-order valence-electron chi connectivity index (χ1n) is 10.4. The molecule has 1 fully saturated rings. The van der Waals surface area contributed by atoms with Gasteiger partial charge in [0.05, 0.1) is 0 Å². The zero-order chi connectivity index (χ0) is 16.8. The molecule has 23 heavy (non-hydrogen) atoms. The quantitative estimate of drug-likeness (QED) is 0.449. The Morgan fingerprint density at radius 3 is 2.35 bits per heavy atom. The molecule has 3 heteroatoms. The molecule has 0 aliphatic carbocycles. The van der Waals surface area contributed by atoms with E-state index in [1.165, 1.54) is 89.9 Å². The van der Waals surface area contributed by atoms with E-state index in [4.69, 9.17) is 0 Å². The summed E-state index contributed by atoms with van der Waals surface area (Å²) in [5.74, 6) is 0.797. The van der Waals surface area contributed by atoms with Gasteiger partial charge in [-0.15, -0.1) is 0 Å². The zero-order valence-corrected chi connectivity index (χ0v) is 15.9. The fraction of sp³-hybridized carbons (Fsp3) is 1.00. The molecule has 1 aliphatic heterocycles. The molecule has 0 spiro atoms. The van der Waals surface area contributed by atoms with E-state index in [-0.39, 0.29) is 0 Å². The molecule has 2 N–H and O–H groups in total. The summed E-state index contributed by atoms with van der Waals surface area (Å²) in [7, 11) is 0. The summed E-state index contributed by atoms with van der Waals surface area (Å²) < 4.78 is 0. The normalized spacial score (nSPS) is 23.3. The molecule has 0 aromatic carbocycles. The van der Waals surface area contributed by atoms with Crippen molar-refractivity contribution >= 4 is 0 Å². The Balaban J connectivity index is 2.36. The number of aliphatic hydroxyl groups excluding tert-OH is 1. The van der Waals surface area contributed by atoms with Crippen LogP contribution in [0.5, 0.6) is 0 Å². The van der Waals surface area contributed by atoms with Crippen LogP contribution < -0.4 is 5.43 Å². The Morgan fingerprint density at radius 2 is 1.61 bits per heavy atom. The predicted molar refractivity (Wildman–Crippen MR) is 100 cm³/mol. The molecule has 1 rings (SSSR count). The molecule has 0 bridgehead atoms. The van der Waals surface area contributed by atoms with Crippen molar-refractivity contribution < 1.29 is 5.11 Å². The van der Waals surface area contributed by atoms with Crippen molar-refractivity contribution in [1.82, 2.24) is 10.4 Å². The van der Waals surface area contributed by atoms with E-state index in [1.54, 1.807) is 0 Å². The lowest BCUT2D eigenvalue weighted by molar-refractivity contribution is 0.0337. The van der Waals surface area contributed by atoms with Gasteiger partial charge in [0.2, 0.25) is 0 Å². The number of hydrazine groups is 1. The smallest absolute Gasteiger partial charge is 0.114 e. The van der Waals surface area contributed by atoms with Crippen LogP contribution in [0.4, 0.5) is 0 Å².